The molecule has 1 aliphatic rings. The minimum Gasteiger partial charge on any atom is -0.497 e. The van der Waals surface area contributed by atoms with E-state index in [1.54, 1.807) is 20.4 Å². The van der Waals surface area contributed by atoms with E-state index in [4.69, 9.17) is 14.2 Å². The number of pyridine rings is 1. The van der Waals surface area contributed by atoms with Gasteiger partial charge in [0.2, 0.25) is 0 Å². The summed E-state index contributed by atoms with van der Waals surface area (Å²) < 4.78 is 17.1. The molecule has 142 valence electrons. The zero-order chi connectivity index (χ0) is 19.8. The molecule has 0 saturated carbocycles. The molecule has 0 spiro atoms. The second kappa shape index (κ2) is 6.99. The number of hydrogen-bond acceptors (Lipinski definition) is 4. The van der Waals surface area contributed by atoms with Crippen molar-refractivity contribution in [2.45, 2.75) is 0 Å². The summed E-state index contributed by atoms with van der Waals surface area (Å²) in [5, 5.41) is 1.03. The van der Waals surface area contributed by atoms with Gasteiger partial charge in [0.25, 0.3) is 0 Å². The fraction of sp³-hybridized carbons (Fsp3) is 0.0800. The molecular formula is C25H19NO3. The van der Waals surface area contributed by atoms with Crippen LogP contribution in [0.4, 0.5) is 0 Å². The lowest BCUT2D eigenvalue weighted by molar-refractivity contribution is 0.414. The SMILES string of the molecule is COc1ccc(C2=C(c3ccc(OC)cc3)c3cccc4nccc(c34)O2)cc1. The summed E-state index contributed by atoms with van der Waals surface area (Å²) in [7, 11) is 3.33. The van der Waals surface area contributed by atoms with Crippen LogP contribution in [0, 0.1) is 0 Å². The van der Waals surface area contributed by atoms with E-state index < -0.39 is 0 Å². The van der Waals surface area contributed by atoms with Gasteiger partial charge in [0.15, 0.2) is 0 Å². The van der Waals surface area contributed by atoms with Crippen molar-refractivity contribution in [1.82, 2.24) is 4.98 Å². The molecule has 1 aromatic heterocycles. The van der Waals surface area contributed by atoms with Crippen LogP contribution in [-0.2, 0) is 0 Å². The Morgan fingerprint density at radius 3 is 2.03 bits per heavy atom. The van der Waals surface area contributed by atoms with Crippen LogP contribution in [0.15, 0.2) is 79.0 Å². The highest BCUT2D eigenvalue weighted by Gasteiger charge is 2.25. The van der Waals surface area contributed by atoms with Crippen LogP contribution in [0.25, 0.3) is 22.2 Å². The molecule has 4 nitrogen and oxygen atoms in total. The average Bonchev–Trinajstić information content (AvgIpc) is 2.79. The summed E-state index contributed by atoms with van der Waals surface area (Å²) in [6.45, 7) is 0. The monoisotopic (exact) mass is 381 g/mol. The van der Waals surface area contributed by atoms with Crippen LogP contribution in [0.1, 0.15) is 16.7 Å². The van der Waals surface area contributed by atoms with Gasteiger partial charge in [-0.25, -0.2) is 0 Å². The Morgan fingerprint density at radius 2 is 1.38 bits per heavy atom. The summed E-state index contributed by atoms with van der Waals surface area (Å²) in [5.74, 6) is 3.25. The number of ether oxygens (including phenoxy) is 3. The molecule has 0 amide bonds. The Morgan fingerprint density at radius 1 is 0.724 bits per heavy atom. The quantitative estimate of drug-likeness (QED) is 0.464. The third-order valence-electron chi connectivity index (χ3n) is 5.17. The first-order valence-corrected chi connectivity index (χ1v) is 9.37. The number of aromatic nitrogens is 1. The zero-order valence-corrected chi connectivity index (χ0v) is 16.2. The Balaban J connectivity index is 1.79. The van der Waals surface area contributed by atoms with E-state index in [1.807, 2.05) is 54.6 Å². The predicted octanol–water partition coefficient (Wildman–Crippen LogP) is 5.56. The lowest BCUT2D eigenvalue weighted by Gasteiger charge is -2.25. The molecule has 0 fully saturated rings. The zero-order valence-electron chi connectivity index (χ0n) is 16.2. The van der Waals surface area contributed by atoms with Crippen molar-refractivity contribution >= 4 is 22.2 Å². The van der Waals surface area contributed by atoms with Gasteiger partial charge in [-0.1, -0.05) is 24.3 Å². The molecule has 0 radical (unpaired) electrons. The van der Waals surface area contributed by atoms with Gasteiger partial charge in [-0.3, -0.25) is 4.98 Å². The van der Waals surface area contributed by atoms with E-state index in [1.165, 1.54) is 0 Å². The number of nitrogens with zero attached hydrogens (tertiary/aromatic N) is 1. The van der Waals surface area contributed by atoms with Crippen LogP contribution >= 0.6 is 0 Å². The average molecular weight is 381 g/mol. The molecule has 4 heteroatoms. The molecule has 0 N–H and O–H groups in total. The van der Waals surface area contributed by atoms with Crippen LogP contribution in [0.2, 0.25) is 0 Å². The van der Waals surface area contributed by atoms with Gasteiger partial charge in [0.1, 0.15) is 23.0 Å². The van der Waals surface area contributed by atoms with Crippen molar-refractivity contribution in [2.75, 3.05) is 14.2 Å². The molecule has 1 aliphatic heterocycles. The normalized spacial score (nSPS) is 12.6. The highest BCUT2D eigenvalue weighted by molar-refractivity contribution is 6.09. The van der Waals surface area contributed by atoms with Crippen LogP contribution in [0.5, 0.6) is 17.2 Å². The van der Waals surface area contributed by atoms with Gasteiger partial charge < -0.3 is 14.2 Å². The molecular weight excluding hydrogens is 362 g/mol. The van der Waals surface area contributed by atoms with Crippen LogP contribution in [-0.4, -0.2) is 19.2 Å². The summed E-state index contributed by atoms with van der Waals surface area (Å²) in [4.78, 5) is 4.52. The van der Waals surface area contributed by atoms with Crippen molar-refractivity contribution < 1.29 is 14.2 Å². The topological polar surface area (TPSA) is 40.6 Å². The summed E-state index contributed by atoms with van der Waals surface area (Å²) in [6.07, 6.45) is 1.78. The summed E-state index contributed by atoms with van der Waals surface area (Å²) in [5.41, 5.74) is 5.09. The maximum atomic E-state index is 6.45. The molecule has 0 aliphatic carbocycles. The maximum Gasteiger partial charge on any atom is 0.143 e. The van der Waals surface area contributed by atoms with Crippen molar-refractivity contribution in [3.63, 3.8) is 0 Å². The lowest BCUT2D eigenvalue weighted by atomic mass is 9.89. The van der Waals surface area contributed by atoms with E-state index in [-0.39, 0.29) is 0 Å². The predicted molar refractivity (Wildman–Crippen MR) is 114 cm³/mol. The number of benzene rings is 3. The van der Waals surface area contributed by atoms with Crippen molar-refractivity contribution in [2.24, 2.45) is 0 Å². The molecule has 2 heterocycles. The minimum atomic E-state index is 0.808. The molecule has 0 atom stereocenters. The molecule has 0 bridgehead atoms. The molecule has 4 aromatic rings. The van der Waals surface area contributed by atoms with E-state index in [9.17, 15) is 0 Å². The molecule has 3 aromatic carbocycles. The number of methoxy groups -OCH3 is 2. The second-order valence-electron chi connectivity index (χ2n) is 6.77. The third kappa shape index (κ3) is 2.90. The first-order chi connectivity index (χ1) is 14.3. The summed E-state index contributed by atoms with van der Waals surface area (Å²) in [6, 6.07) is 24.1. The van der Waals surface area contributed by atoms with Crippen LogP contribution in [0.3, 0.4) is 0 Å². The first-order valence-electron chi connectivity index (χ1n) is 9.37. The highest BCUT2D eigenvalue weighted by atomic mass is 16.5. The van der Waals surface area contributed by atoms with Crippen LogP contribution < -0.4 is 14.2 Å². The number of rotatable bonds is 4. The Labute approximate surface area is 169 Å². The van der Waals surface area contributed by atoms with Crippen molar-refractivity contribution in [3.8, 4) is 17.2 Å². The largest absolute Gasteiger partial charge is 0.497 e. The molecule has 5 rings (SSSR count). The smallest absolute Gasteiger partial charge is 0.143 e. The van der Waals surface area contributed by atoms with E-state index in [0.29, 0.717) is 0 Å². The van der Waals surface area contributed by atoms with E-state index in [0.717, 1.165) is 56.2 Å². The second-order valence-corrected chi connectivity index (χ2v) is 6.77. The van der Waals surface area contributed by atoms with E-state index in [2.05, 4.69) is 23.2 Å². The van der Waals surface area contributed by atoms with Crippen molar-refractivity contribution in [1.29, 1.82) is 0 Å². The highest BCUT2D eigenvalue weighted by Crippen LogP contribution is 2.44. The standard InChI is InChI=1S/C25H19NO3/c1-27-18-10-6-16(7-11-18)23-20-4-3-5-21-24(20)22(14-15-26-21)29-25(23)17-8-12-19(28-2)13-9-17/h3-15H,1-2H3. The molecule has 0 saturated heterocycles. The molecule has 0 unspecified atom stereocenters. The fourth-order valence-electron chi connectivity index (χ4n) is 3.74. The Bertz CT molecular complexity index is 1220. The third-order valence-corrected chi connectivity index (χ3v) is 5.17. The van der Waals surface area contributed by atoms with Crippen molar-refractivity contribution in [3.05, 3.63) is 95.7 Å². The Kier molecular flexibility index (Phi) is 4.17. The first kappa shape index (κ1) is 17.3. The van der Waals surface area contributed by atoms with Gasteiger partial charge in [-0.05, 0) is 59.7 Å². The van der Waals surface area contributed by atoms with Gasteiger partial charge in [0.05, 0.1) is 25.1 Å². The van der Waals surface area contributed by atoms with Gasteiger partial charge in [-0.15, -0.1) is 0 Å². The Hall–Kier alpha value is -3.79. The van der Waals surface area contributed by atoms with Gasteiger partial charge >= 0.3 is 0 Å². The van der Waals surface area contributed by atoms with E-state index >= 15 is 0 Å². The maximum absolute atomic E-state index is 6.45. The minimum absolute atomic E-state index is 0.808. The summed E-state index contributed by atoms with van der Waals surface area (Å²) >= 11 is 0. The lowest BCUT2D eigenvalue weighted by Crippen LogP contribution is -2.08. The fourth-order valence-corrected chi connectivity index (χ4v) is 3.74. The van der Waals surface area contributed by atoms with Gasteiger partial charge in [-0.2, -0.15) is 0 Å². The molecule has 29 heavy (non-hydrogen) atoms. The number of hydrogen-bond donors (Lipinski definition) is 0. The van der Waals surface area contributed by atoms with Gasteiger partial charge in [0, 0.05) is 17.3 Å².